The third-order valence-corrected chi connectivity index (χ3v) is 2.23. The third kappa shape index (κ3) is 3.23. The van der Waals surface area contributed by atoms with Crippen molar-refractivity contribution in [3.63, 3.8) is 0 Å². The number of rotatable bonds is 5. The summed E-state index contributed by atoms with van der Waals surface area (Å²) in [5.41, 5.74) is 0. The summed E-state index contributed by atoms with van der Waals surface area (Å²) in [5.74, 6) is -1.62. The van der Waals surface area contributed by atoms with Crippen molar-refractivity contribution in [1.82, 2.24) is 5.32 Å². The fourth-order valence-corrected chi connectivity index (χ4v) is 1.36. The molecule has 0 aliphatic carbocycles. The Balaban J connectivity index is 2.68. The summed E-state index contributed by atoms with van der Waals surface area (Å²) in [7, 11) is 0. The van der Waals surface area contributed by atoms with Crippen LogP contribution in [0, 0.1) is 0 Å². The van der Waals surface area contributed by atoms with E-state index < -0.39 is 17.9 Å². The van der Waals surface area contributed by atoms with Gasteiger partial charge in [0.2, 0.25) is 0 Å². The lowest BCUT2D eigenvalue weighted by molar-refractivity contribution is -0.139. The second-order valence-corrected chi connectivity index (χ2v) is 3.77. The fourth-order valence-electron chi connectivity index (χ4n) is 1.05. The minimum absolute atomic E-state index is 0.0576. The Morgan fingerprint density at radius 2 is 2.31 bits per heavy atom. The molecule has 1 heterocycles. The minimum Gasteiger partial charge on any atom is -0.480 e. The molecule has 0 bridgehead atoms. The average Bonchev–Trinajstić information content (AvgIpc) is 2.64. The van der Waals surface area contributed by atoms with Crippen molar-refractivity contribution < 1.29 is 19.1 Å². The molecule has 1 aromatic heterocycles. The summed E-state index contributed by atoms with van der Waals surface area (Å²) in [6, 6.07) is 2.01. The van der Waals surface area contributed by atoms with Crippen molar-refractivity contribution in [2.24, 2.45) is 0 Å². The number of nitrogens with one attached hydrogen (secondary N) is 1. The largest absolute Gasteiger partial charge is 0.480 e. The second-order valence-electron chi connectivity index (χ2n) is 2.99. The van der Waals surface area contributed by atoms with Gasteiger partial charge in [0.05, 0.1) is 0 Å². The van der Waals surface area contributed by atoms with Gasteiger partial charge in [-0.2, -0.15) is 0 Å². The molecule has 0 fully saturated rings. The number of hydrogen-bond donors (Lipinski definition) is 2. The van der Waals surface area contributed by atoms with Crippen LogP contribution in [-0.2, 0) is 4.79 Å². The molecule has 1 amide bonds. The molecule has 0 aliphatic heterocycles. The Morgan fingerprint density at radius 1 is 1.62 bits per heavy atom. The van der Waals surface area contributed by atoms with Crippen LogP contribution >= 0.6 is 15.9 Å². The molecule has 0 saturated heterocycles. The molecule has 0 radical (unpaired) electrons. The molecular formula is C10H10BrNO4. The molecular weight excluding hydrogens is 278 g/mol. The van der Waals surface area contributed by atoms with Gasteiger partial charge in [0, 0.05) is 0 Å². The molecule has 1 unspecified atom stereocenters. The zero-order chi connectivity index (χ0) is 12.1. The number of halogens is 1. The zero-order valence-corrected chi connectivity index (χ0v) is 9.86. The molecule has 1 atom stereocenters. The van der Waals surface area contributed by atoms with Crippen LogP contribution in [0.5, 0.6) is 0 Å². The number of carbonyl (C=O) groups excluding carboxylic acids is 1. The molecule has 6 heteroatoms. The summed E-state index contributed by atoms with van der Waals surface area (Å²) in [6.45, 7) is 3.42. The van der Waals surface area contributed by atoms with Crippen molar-refractivity contribution in [3.05, 3.63) is 35.2 Å². The Morgan fingerprint density at radius 3 is 2.75 bits per heavy atom. The zero-order valence-electron chi connectivity index (χ0n) is 8.27. The molecule has 2 N–H and O–H groups in total. The average molecular weight is 288 g/mol. The van der Waals surface area contributed by atoms with E-state index in [1.807, 2.05) is 0 Å². The van der Waals surface area contributed by atoms with Crippen LogP contribution in [0.4, 0.5) is 0 Å². The summed E-state index contributed by atoms with van der Waals surface area (Å²) in [6.07, 6.45) is 1.58. The predicted molar refractivity (Wildman–Crippen MR) is 60.1 cm³/mol. The van der Waals surface area contributed by atoms with Crippen LogP contribution in [0.2, 0.25) is 0 Å². The molecule has 1 aromatic rings. The Labute approximate surface area is 100 Å². The van der Waals surface area contributed by atoms with Crippen molar-refractivity contribution in [2.75, 3.05) is 0 Å². The van der Waals surface area contributed by atoms with Gasteiger partial charge >= 0.3 is 5.97 Å². The van der Waals surface area contributed by atoms with E-state index in [2.05, 4.69) is 27.8 Å². The van der Waals surface area contributed by atoms with Gasteiger partial charge in [-0.05, 0) is 34.5 Å². The lowest BCUT2D eigenvalue weighted by Crippen LogP contribution is -2.40. The minimum atomic E-state index is -1.11. The number of carboxylic acid groups (broad SMARTS) is 1. The van der Waals surface area contributed by atoms with Gasteiger partial charge in [-0.3, -0.25) is 4.79 Å². The third-order valence-electron chi connectivity index (χ3n) is 1.80. The van der Waals surface area contributed by atoms with Gasteiger partial charge in [0.15, 0.2) is 10.4 Å². The lowest BCUT2D eigenvalue weighted by Gasteiger charge is -2.10. The van der Waals surface area contributed by atoms with E-state index >= 15 is 0 Å². The number of carbonyl (C=O) groups is 2. The van der Waals surface area contributed by atoms with E-state index in [4.69, 9.17) is 9.52 Å². The molecule has 1 rings (SSSR count). The van der Waals surface area contributed by atoms with Crippen molar-refractivity contribution in [3.8, 4) is 0 Å². The van der Waals surface area contributed by atoms with Crippen molar-refractivity contribution in [2.45, 2.75) is 12.5 Å². The Kier molecular flexibility index (Phi) is 4.30. The van der Waals surface area contributed by atoms with Gasteiger partial charge < -0.3 is 14.8 Å². The van der Waals surface area contributed by atoms with E-state index in [1.54, 1.807) is 6.07 Å². The maximum atomic E-state index is 11.5. The Hall–Kier alpha value is -1.56. The highest BCUT2D eigenvalue weighted by Gasteiger charge is 2.20. The summed E-state index contributed by atoms with van der Waals surface area (Å²) in [4.78, 5) is 22.3. The fraction of sp³-hybridized carbons (Fsp3) is 0.200. The monoisotopic (exact) mass is 287 g/mol. The van der Waals surface area contributed by atoms with E-state index in [0.717, 1.165) is 0 Å². The van der Waals surface area contributed by atoms with Gasteiger partial charge in [0.25, 0.3) is 5.91 Å². The number of aliphatic carboxylic acids is 1. The predicted octanol–water partition coefficient (Wildman–Crippen LogP) is 1.80. The van der Waals surface area contributed by atoms with Crippen LogP contribution in [-0.4, -0.2) is 23.0 Å². The van der Waals surface area contributed by atoms with Crippen LogP contribution in [0.15, 0.2) is 33.9 Å². The van der Waals surface area contributed by atoms with Crippen molar-refractivity contribution in [1.29, 1.82) is 0 Å². The highest BCUT2D eigenvalue weighted by atomic mass is 79.9. The summed E-state index contributed by atoms with van der Waals surface area (Å²) >= 11 is 3.05. The van der Waals surface area contributed by atoms with E-state index in [9.17, 15) is 9.59 Å². The van der Waals surface area contributed by atoms with Crippen LogP contribution in [0.1, 0.15) is 17.0 Å². The first kappa shape index (κ1) is 12.5. The SMILES string of the molecule is C=CCC(NC(=O)c1ccc(Br)o1)C(=O)O. The molecule has 0 aromatic carbocycles. The van der Waals surface area contributed by atoms with E-state index in [1.165, 1.54) is 12.1 Å². The first-order valence-corrected chi connectivity index (χ1v) is 5.23. The normalized spacial score (nSPS) is 11.8. The molecule has 0 saturated carbocycles. The molecule has 5 nitrogen and oxygen atoms in total. The van der Waals surface area contributed by atoms with E-state index in [0.29, 0.717) is 4.67 Å². The maximum absolute atomic E-state index is 11.5. The maximum Gasteiger partial charge on any atom is 0.326 e. The number of hydrogen-bond acceptors (Lipinski definition) is 3. The van der Waals surface area contributed by atoms with E-state index in [-0.39, 0.29) is 12.2 Å². The standard InChI is InChI=1S/C10H10BrNO4/c1-2-3-6(10(14)15)12-9(13)7-4-5-8(11)16-7/h2,4-6H,1,3H2,(H,12,13)(H,14,15). The van der Waals surface area contributed by atoms with Crippen LogP contribution in [0.3, 0.4) is 0 Å². The number of carboxylic acids is 1. The molecule has 0 spiro atoms. The van der Waals surface area contributed by atoms with Crippen LogP contribution < -0.4 is 5.32 Å². The number of furan rings is 1. The van der Waals surface area contributed by atoms with Crippen molar-refractivity contribution >= 4 is 27.8 Å². The van der Waals surface area contributed by atoms with Gasteiger partial charge in [0.1, 0.15) is 6.04 Å². The first-order chi connectivity index (χ1) is 7.54. The smallest absolute Gasteiger partial charge is 0.326 e. The number of amides is 1. The molecule has 86 valence electrons. The topological polar surface area (TPSA) is 79.5 Å². The summed E-state index contributed by atoms with van der Waals surface area (Å²) in [5, 5.41) is 11.1. The first-order valence-electron chi connectivity index (χ1n) is 4.44. The summed E-state index contributed by atoms with van der Waals surface area (Å²) < 4.78 is 5.40. The second kappa shape index (κ2) is 5.50. The van der Waals surface area contributed by atoms with Gasteiger partial charge in [-0.1, -0.05) is 6.08 Å². The lowest BCUT2D eigenvalue weighted by atomic mass is 10.2. The highest BCUT2D eigenvalue weighted by Crippen LogP contribution is 2.14. The Bertz CT molecular complexity index is 413. The molecule has 16 heavy (non-hydrogen) atoms. The highest BCUT2D eigenvalue weighted by molar-refractivity contribution is 9.10. The quantitative estimate of drug-likeness (QED) is 0.810. The van der Waals surface area contributed by atoms with Gasteiger partial charge in [-0.25, -0.2) is 4.79 Å². The van der Waals surface area contributed by atoms with Crippen LogP contribution in [0.25, 0.3) is 0 Å². The van der Waals surface area contributed by atoms with Gasteiger partial charge in [-0.15, -0.1) is 6.58 Å². The molecule has 0 aliphatic rings.